The third kappa shape index (κ3) is 16.1. The number of hydrogen-bond acceptors (Lipinski definition) is 4. The molecule has 32 heavy (non-hydrogen) atoms. The zero-order chi connectivity index (χ0) is 24.0. The van der Waals surface area contributed by atoms with Gasteiger partial charge in [-0.25, -0.2) is 4.79 Å². The molecule has 0 aromatic heterocycles. The van der Waals surface area contributed by atoms with Gasteiger partial charge in [0.2, 0.25) is 5.91 Å². The lowest BCUT2D eigenvalue weighted by Gasteiger charge is -2.27. The minimum Gasteiger partial charge on any atom is -0.480 e. The van der Waals surface area contributed by atoms with Crippen LogP contribution in [0.25, 0.3) is 0 Å². The predicted octanol–water partition coefficient (Wildman–Crippen LogP) is 6.05. The van der Waals surface area contributed by atoms with Crippen LogP contribution >= 0.6 is 0 Å². The number of carboxylic acids is 1. The molecule has 0 saturated heterocycles. The molecular weight excluding hydrogens is 402 g/mol. The van der Waals surface area contributed by atoms with E-state index in [0.29, 0.717) is 0 Å². The third-order valence-electron chi connectivity index (χ3n) is 6.20. The van der Waals surface area contributed by atoms with Gasteiger partial charge in [0.1, 0.15) is 12.6 Å². The maximum atomic E-state index is 12.4. The van der Waals surface area contributed by atoms with E-state index in [2.05, 4.69) is 12.2 Å². The number of rotatable bonds is 22. The molecule has 6 nitrogen and oxygen atoms in total. The standard InChI is InChI=1S/C26H49N3O3/c1-4-5-6-7-8-9-10-11-12-13-14-15-16-17-18-19-21-28-23(2)25(30)29(22-20-27)24(3)26(31)32/h23-24,28H,4-19,21-22H2,1-3H3,(H,31,32)/t23-,24+/m1/s1. The van der Waals surface area contributed by atoms with Crippen LogP contribution in [-0.2, 0) is 9.59 Å². The van der Waals surface area contributed by atoms with Crippen molar-refractivity contribution in [1.82, 2.24) is 10.2 Å². The molecule has 0 spiro atoms. The van der Waals surface area contributed by atoms with Gasteiger partial charge < -0.3 is 15.3 Å². The Hall–Kier alpha value is -1.61. The highest BCUT2D eigenvalue weighted by atomic mass is 16.4. The lowest BCUT2D eigenvalue weighted by molar-refractivity contribution is -0.149. The molecule has 0 aliphatic heterocycles. The zero-order valence-corrected chi connectivity index (χ0v) is 21.0. The van der Waals surface area contributed by atoms with Gasteiger partial charge in [-0.1, -0.05) is 103 Å². The van der Waals surface area contributed by atoms with Gasteiger partial charge in [0.05, 0.1) is 12.1 Å². The summed E-state index contributed by atoms with van der Waals surface area (Å²) in [6.07, 6.45) is 21.2. The molecule has 1 amide bonds. The Balaban J connectivity index is 3.59. The van der Waals surface area contributed by atoms with Crippen molar-refractivity contribution in [1.29, 1.82) is 5.26 Å². The normalized spacial score (nSPS) is 12.8. The summed E-state index contributed by atoms with van der Waals surface area (Å²) in [5, 5.41) is 21.2. The molecular formula is C26H49N3O3. The molecule has 0 unspecified atom stereocenters. The Bertz CT molecular complexity index is 519. The summed E-state index contributed by atoms with van der Waals surface area (Å²) in [4.78, 5) is 24.7. The summed E-state index contributed by atoms with van der Waals surface area (Å²) in [5.41, 5.74) is 0. The van der Waals surface area contributed by atoms with Crippen LogP contribution in [0.4, 0.5) is 0 Å². The van der Waals surface area contributed by atoms with Crippen LogP contribution in [0.5, 0.6) is 0 Å². The molecule has 0 saturated carbocycles. The molecule has 186 valence electrons. The Morgan fingerprint density at radius 2 is 1.22 bits per heavy atom. The summed E-state index contributed by atoms with van der Waals surface area (Å²) >= 11 is 0. The van der Waals surface area contributed by atoms with Gasteiger partial charge in [-0.05, 0) is 26.8 Å². The number of carbonyl (C=O) groups excluding carboxylic acids is 1. The Morgan fingerprint density at radius 1 is 0.812 bits per heavy atom. The number of hydrogen-bond donors (Lipinski definition) is 2. The van der Waals surface area contributed by atoms with Crippen molar-refractivity contribution in [3.63, 3.8) is 0 Å². The first-order chi connectivity index (χ1) is 15.5. The van der Waals surface area contributed by atoms with Crippen molar-refractivity contribution in [2.24, 2.45) is 0 Å². The van der Waals surface area contributed by atoms with Crippen LogP contribution in [0.1, 0.15) is 124 Å². The van der Waals surface area contributed by atoms with Crippen LogP contribution in [0.2, 0.25) is 0 Å². The van der Waals surface area contributed by atoms with E-state index >= 15 is 0 Å². The number of nitrogens with zero attached hydrogens (tertiary/aromatic N) is 2. The van der Waals surface area contributed by atoms with Gasteiger partial charge in [0.25, 0.3) is 0 Å². The van der Waals surface area contributed by atoms with Gasteiger partial charge in [-0.15, -0.1) is 0 Å². The van der Waals surface area contributed by atoms with Crippen LogP contribution < -0.4 is 5.32 Å². The molecule has 0 radical (unpaired) electrons. The Morgan fingerprint density at radius 3 is 1.59 bits per heavy atom. The van der Waals surface area contributed by atoms with Gasteiger partial charge >= 0.3 is 5.97 Å². The lowest BCUT2D eigenvalue weighted by Crippen LogP contribution is -2.51. The third-order valence-corrected chi connectivity index (χ3v) is 6.20. The van der Waals surface area contributed by atoms with Gasteiger partial charge in [0, 0.05) is 0 Å². The zero-order valence-electron chi connectivity index (χ0n) is 21.0. The second kappa shape index (κ2) is 21.2. The first kappa shape index (κ1) is 30.4. The minimum atomic E-state index is -1.10. The molecule has 0 bridgehead atoms. The quantitative estimate of drug-likeness (QED) is 0.154. The lowest BCUT2D eigenvalue weighted by atomic mass is 10.0. The van der Waals surface area contributed by atoms with Gasteiger partial charge in [-0.3, -0.25) is 4.79 Å². The SMILES string of the molecule is CCCCCCCCCCCCCCCCCCN[C@H](C)C(=O)N(CC#N)[C@@H](C)C(=O)O. The first-order valence-electron chi connectivity index (χ1n) is 13.1. The number of carbonyl (C=O) groups is 2. The van der Waals surface area contributed by atoms with Crippen LogP contribution in [0.3, 0.4) is 0 Å². The average molecular weight is 452 g/mol. The molecule has 0 fully saturated rings. The van der Waals surface area contributed by atoms with Crippen molar-refractivity contribution in [2.75, 3.05) is 13.1 Å². The van der Waals surface area contributed by atoms with E-state index in [1.165, 1.54) is 96.8 Å². The summed E-state index contributed by atoms with van der Waals surface area (Å²) in [6, 6.07) is 0.396. The number of carboxylic acid groups (broad SMARTS) is 1. The van der Waals surface area contributed by atoms with E-state index < -0.39 is 18.1 Å². The first-order valence-corrected chi connectivity index (χ1v) is 13.1. The van der Waals surface area contributed by atoms with Crippen molar-refractivity contribution in [2.45, 2.75) is 136 Å². The van der Waals surface area contributed by atoms with Crippen LogP contribution in [0.15, 0.2) is 0 Å². The largest absolute Gasteiger partial charge is 0.480 e. The number of amides is 1. The van der Waals surface area contributed by atoms with Crippen molar-refractivity contribution < 1.29 is 14.7 Å². The number of nitriles is 1. The molecule has 0 aliphatic carbocycles. The molecule has 6 heteroatoms. The van der Waals surface area contributed by atoms with Crippen LogP contribution in [0, 0.1) is 11.3 Å². The van der Waals surface area contributed by atoms with Gasteiger partial charge in [0.15, 0.2) is 0 Å². The highest BCUT2D eigenvalue weighted by molar-refractivity contribution is 5.86. The molecule has 0 heterocycles. The fourth-order valence-electron chi connectivity index (χ4n) is 3.94. The van der Waals surface area contributed by atoms with E-state index in [0.717, 1.165) is 24.3 Å². The molecule has 0 rings (SSSR count). The summed E-state index contributed by atoms with van der Waals surface area (Å²) in [5.74, 6) is -1.43. The minimum absolute atomic E-state index is 0.211. The topological polar surface area (TPSA) is 93.4 Å². The van der Waals surface area contributed by atoms with Gasteiger partial charge in [-0.2, -0.15) is 5.26 Å². The fraction of sp³-hybridized carbons (Fsp3) is 0.885. The highest BCUT2D eigenvalue weighted by Crippen LogP contribution is 2.13. The Kier molecular flexibility index (Phi) is 20.2. The smallest absolute Gasteiger partial charge is 0.326 e. The van der Waals surface area contributed by atoms with E-state index in [1.807, 2.05) is 6.07 Å². The number of unbranched alkanes of at least 4 members (excludes halogenated alkanes) is 15. The average Bonchev–Trinajstić information content (AvgIpc) is 2.78. The monoisotopic (exact) mass is 451 g/mol. The van der Waals surface area contributed by atoms with E-state index in [9.17, 15) is 9.59 Å². The molecule has 2 atom stereocenters. The van der Waals surface area contributed by atoms with Crippen LogP contribution in [-0.4, -0.2) is 47.1 Å². The molecule has 0 aliphatic rings. The highest BCUT2D eigenvalue weighted by Gasteiger charge is 2.28. The molecule has 0 aromatic carbocycles. The van der Waals surface area contributed by atoms with E-state index in [4.69, 9.17) is 10.4 Å². The summed E-state index contributed by atoms with van der Waals surface area (Å²) in [6.45, 7) is 5.95. The molecule has 0 aromatic rings. The summed E-state index contributed by atoms with van der Waals surface area (Å²) < 4.78 is 0. The maximum Gasteiger partial charge on any atom is 0.326 e. The van der Waals surface area contributed by atoms with E-state index in [-0.39, 0.29) is 12.5 Å². The second-order valence-electron chi connectivity index (χ2n) is 9.12. The maximum absolute atomic E-state index is 12.4. The molecule has 2 N–H and O–H groups in total. The van der Waals surface area contributed by atoms with Crippen molar-refractivity contribution in [3.05, 3.63) is 0 Å². The predicted molar refractivity (Wildman–Crippen MR) is 131 cm³/mol. The Labute approximate surface area is 197 Å². The fourth-order valence-corrected chi connectivity index (χ4v) is 3.94. The number of nitrogens with one attached hydrogen (secondary N) is 1. The van der Waals surface area contributed by atoms with E-state index in [1.54, 1.807) is 6.92 Å². The number of aliphatic carboxylic acids is 1. The summed E-state index contributed by atoms with van der Waals surface area (Å²) in [7, 11) is 0. The van der Waals surface area contributed by atoms with Crippen molar-refractivity contribution in [3.8, 4) is 6.07 Å². The van der Waals surface area contributed by atoms with Crippen molar-refractivity contribution >= 4 is 11.9 Å². The second-order valence-corrected chi connectivity index (χ2v) is 9.12.